The maximum absolute atomic E-state index is 13.3. The van der Waals surface area contributed by atoms with Crippen LogP contribution in [0.1, 0.15) is 57.7 Å². The van der Waals surface area contributed by atoms with Gasteiger partial charge < -0.3 is 15.4 Å². The number of aromatic nitrogens is 2. The number of carbonyl (C=O) groups is 2. The highest BCUT2D eigenvalue weighted by atomic mass is 35.5. The van der Waals surface area contributed by atoms with Gasteiger partial charge in [-0.1, -0.05) is 17.7 Å². The van der Waals surface area contributed by atoms with Gasteiger partial charge in [0.25, 0.3) is 5.91 Å². The number of esters is 1. The Balaban J connectivity index is 1.65. The molecule has 1 aliphatic heterocycles. The van der Waals surface area contributed by atoms with Crippen LogP contribution in [0.5, 0.6) is 0 Å². The Morgan fingerprint density at radius 1 is 1.18 bits per heavy atom. The van der Waals surface area contributed by atoms with Crippen LogP contribution in [-0.4, -0.2) is 41.4 Å². The molecule has 1 fully saturated rings. The smallest absolute Gasteiger partial charge is 0.338 e. The molecule has 1 aliphatic rings. The van der Waals surface area contributed by atoms with Gasteiger partial charge >= 0.3 is 5.97 Å². The van der Waals surface area contributed by atoms with Crippen molar-refractivity contribution in [1.29, 1.82) is 0 Å². The molecule has 0 saturated carbocycles. The topological polar surface area (TPSA) is 85.2 Å². The van der Waals surface area contributed by atoms with Crippen LogP contribution in [-0.2, 0) is 4.74 Å². The molecule has 4 rings (SSSR count). The lowest BCUT2D eigenvalue weighted by atomic mass is 9.91. The van der Waals surface area contributed by atoms with E-state index in [4.69, 9.17) is 16.3 Å². The van der Waals surface area contributed by atoms with Gasteiger partial charge in [0.15, 0.2) is 0 Å². The summed E-state index contributed by atoms with van der Waals surface area (Å²) in [5.74, 6) is -0.431. The normalized spacial score (nSPS) is 14.2. The summed E-state index contributed by atoms with van der Waals surface area (Å²) < 4.78 is 6.87. The number of rotatable bonds is 6. The third-order valence-corrected chi connectivity index (χ3v) is 6.31. The number of piperidine rings is 1. The molecular formula is C25H27ClN4O3. The highest BCUT2D eigenvalue weighted by Gasteiger charge is 2.27. The zero-order valence-corrected chi connectivity index (χ0v) is 19.5. The molecular weight excluding hydrogens is 440 g/mol. The third kappa shape index (κ3) is 4.94. The van der Waals surface area contributed by atoms with Crippen molar-refractivity contribution >= 4 is 29.2 Å². The quantitative estimate of drug-likeness (QED) is 0.513. The summed E-state index contributed by atoms with van der Waals surface area (Å²) in [6.45, 7) is 5.81. The molecule has 2 N–H and O–H groups in total. The van der Waals surface area contributed by atoms with Crippen LogP contribution >= 0.6 is 11.6 Å². The van der Waals surface area contributed by atoms with Gasteiger partial charge in [-0.25, -0.2) is 9.48 Å². The molecule has 3 aromatic rings. The Labute approximate surface area is 198 Å². The van der Waals surface area contributed by atoms with Gasteiger partial charge in [0, 0.05) is 16.6 Å². The van der Waals surface area contributed by atoms with E-state index in [1.807, 2.05) is 29.8 Å². The number of halogens is 1. The summed E-state index contributed by atoms with van der Waals surface area (Å²) in [4.78, 5) is 25.2. The van der Waals surface area contributed by atoms with Crippen molar-refractivity contribution in [2.75, 3.05) is 25.0 Å². The van der Waals surface area contributed by atoms with E-state index >= 15 is 0 Å². The van der Waals surface area contributed by atoms with E-state index in [-0.39, 0.29) is 17.8 Å². The van der Waals surface area contributed by atoms with Crippen molar-refractivity contribution in [3.63, 3.8) is 0 Å². The minimum atomic E-state index is -0.387. The first-order valence-corrected chi connectivity index (χ1v) is 11.5. The Morgan fingerprint density at radius 2 is 1.91 bits per heavy atom. The Morgan fingerprint density at radius 3 is 2.61 bits per heavy atom. The van der Waals surface area contributed by atoms with E-state index in [1.54, 1.807) is 37.4 Å². The molecule has 1 aromatic heterocycles. The van der Waals surface area contributed by atoms with Crippen LogP contribution < -0.4 is 10.6 Å². The molecule has 1 saturated heterocycles. The van der Waals surface area contributed by atoms with Crippen LogP contribution in [0, 0.1) is 6.92 Å². The van der Waals surface area contributed by atoms with Crippen molar-refractivity contribution in [3.8, 4) is 5.69 Å². The summed E-state index contributed by atoms with van der Waals surface area (Å²) in [5, 5.41) is 11.6. The fourth-order valence-corrected chi connectivity index (χ4v) is 4.31. The zero-order valence-electron chi connectivity index (χ0n) is 18.7. The predicted molar refractivity (Wildman–Crippen MR) is 129 cm³/mol. The first-order chi connectivity index (χ1) is 16.0. The SMILES string of the molecule is CCOC(=O)c1ccc(NC(=O)c2cnn(-c3cccc(Cl)c3C)c2C2CCNCC2)cc1. The number of benzene rings is 2. The lowest BCUT2D eigenvalue weighted by Gasteiger charge is -2.25. The fraction of sp³-hybridized carbons (Fsp3) is 0.320. The van der Waals surface area contributed by atoms with E-state index in [1.165, 1.54) is 0 Å². The summed E-state index contributed by atoms with van der Waals surface area (Å²) in [7, 11) is 0. The number of carbonyl (C=O) groups excluding carboxylic acids is 2. The van der Waals surface area contributed by atoms with Crippen molar-refractivity contribution in [2.24, 2.45) is 0 Å². The highest BCUT2D eigenvalue weighted by molar-refractivity contribution is 6.31. The number of nitrogens with one attached hydrogen (secondary N) is 2. The number of amides is 1. The van der Waals surface area contributed by atoms with Gasteiger partial charge in [-0.2, -0.15) is 5.10 Å². The molecule has 2 aromatic carbocycles. The number of hydrogen-bond acceptors (Lipinski definition) is 5. The average Bonchev–Trinajstić information content (AvgIpc) is 3.27. The second-order valence-electron chi connectivity index (χ2n) is 8.02. The lowest BCUT2D eigenvalue weighted by molar-refractivity contribution is 0.0526. The van der Waals surface area contributed by atoms with Crippen molar-refractivity contribution < 1.29 is 14.3 Å². The van der Waals surface area contributed by atoms with Crippen molar-refractivity contribution in [2.45, 2.75) is 32.6 Å². The molecule has 8 heteroatoms. The van der Waals surface area contributed by atoms with E-state index in [2.05, 4.69) is 15.7 Å². The van der Waals surface area contributed by atoms with Crippen LogP contribution in [0.2, 0.25) is 5.02 Å². The molecule has 0 unspecified atom stereocenters. The molecule has 0 aliphatic carbocycles. The van der Waals surface area contributed by atoms with E-state index in [9.17, 15) is 9.59 Å². The lowest BCUT2D eigenvalue weighted by Crippen LogP contribution is -2.29. The van der Waals surface area contributed by atoms with E-state index in [0.717, 1.165) is 42.9 Å². The van der Waals surface area contributed by atoms with Gasteiger partial charge in [0.05, 0.1) is 35.3 Å². The number of nitrogens with zero attached hydrogens (tertiary/aromatic N) is 2. The summed E-state index contributed by atoms with van der Waals surface area (Å²) >= 11 is 6.37. The molecule has 172 valence electrons. The van der Waals surface area contributed by atoms with Crippen LogP contribution in [0.4, 0.5) is 5.69 Å². The molecule has 33 heavy (non-hydrogen) atoms. The molecule has 7 nitrogen and oxygen atoms in total. The second-order valence-corrected chi connectivity index (χ2v) is 8.42. The Bertz CT molecular complexity index is 1150. The first-order valence-electron chi connectivity index (χ1n) is 11.1. The monoisotopic (exact) mass is 466 g/mol. The minimum Gasteiger partial charge on any atom is -0.462 e. The van der Waals surface area contributed by atoms with Crippen molar-refractivity contribution in [1.82, 2.24) is 15.1 Å². The average molecular weight is 467 g/mol. The van der Waals surface area contributed by atoms with E-state index in [0.29, 0.717) is 28.4 Å². The van der Waals surface area contributed by atoms with Gasteiger partial charge in [-0.05, 0) is 81.7 Å². The van der Waals surface area contributed by atoms with Gasteiger partial charge in [0.1, 0.15) is 0 Å². The van der Waals surface area contributed by atoms with Crippen LogP contribution in [0.15, 0.2) is 48.7 Å². The van der Waals surface area contributed by atoms with E-state index < -0.39 is 0 Å². The molecule has 0 radical (unpaired) electrons. The maximum atomic E-state index is 13.3. The molecule has 1 amide bonds. The molecule has 2 heterocycles. The summed E-state index contributed by atoms with van der Waals surface area (Å²) in [6.07, 6.45) is 3.46. The van der Waals surface area contributed by atoms with Crippen LogP contribution in [0.25, 0.3) is 5.69 Å². The number of ether oxygens (including phenoxy) is 1. The molecule has 0 bridgehead atoms. The van der Waals surface area contributed by atoms with Gasteiger partial charge in [0.2, 0.25) is 0 Å². The fourth-order valence-electron chi connectivity index (χ4n) is 4.14. The molecule has 0 spiro atoms. The summed E-state index contributed by atoms with van der Waals surface area (Å²) in [6, 6.07) is 12.4. The van der Waals surface area contributed by atoms with Gasteiger partial charge in [-0.15, -0.1) is 0 Å². The van der Waals surface area contributed by atoms with Crippen molar-refractivity contribution in [3.05, 3.63) is 76.1 Å². The number of hydrogen-bond donors (Lipinski definition) is 2. The maximum Gasteiger partial charge on any atom is 0.338 e. The minimum absolute atomic E-state index is 0.194. The third-order valence-electron chi connectivity index (χ3n) is 5.90. The summed E-state index contributed by atoms with van der Waals surface area (Å²) in [5.41, 5.74) is 4.25. The highest BCUT2D eigenvalue weighted by Crippen LogP contribution is 2.32. The predicted octanol–water partition coefficient (Wildman–Crippen LogP) is 4.73. The van der Waals surface area contributed by atoms with Gasteiger partial charge in [-0.3, -0.25) is 4.79 Å². The first kappa shape index (κ1) is 23.0. The Kier molecular flexibility index (Phi) is 7.11. The molecule has 0 atom stereocenters. The largest absolute Gasteiger partial charge is 0.462 e. The number of anilines is 1. The standard InChI is InChI=1S/C25H27ClN4O3/c1-3-33-25(32)18-7-9-19(10-8-18)29-24(31)20-15-28-30(22-6-4-5-21(26)16(22)2)23(20)17-11-13-27-14-12-17/h4-10,15,17,27H,3,11-14H2,1-2H3,(H,29,31). The second kappa shape index (κ2) is 10.2. The zero-order chi connectivity index (χ0) is 23.4. The Hall–Kier alpha value is -3.16. The van der Waals surface area contributed by atoms with Crippen LogP contribution in [0.3, 0.4) is 0 Å².